The van der Waals surface area contributed by atoms with Crippen LogP contribution < -0.4 is 10.9 Å². The molecule has 0 saturated carbocycles. The Hall–Kier alpha value is -1.07. The molecule has 0 bridgehead atoms. The summed E-state index contributed by atoms with van der Waals surface area (Å²) < 4.78 is 6.87. The lowest BCUT2D eigenvalue weighted by atomic mass is 10.2. The van der Waals surface area contributed by atoms with Gasteiger partial charge in [0.15, 0.2) is 0 Å². The van der Waals surface area contributed by atoms with Gasteiger partial charge in [-0.2, -0.15) is 5.10 Å². The van der Waals surface area contributed by atoms with E-state index in [0.29, 0.717) is 12.2 Å². The number of nitrogens with zero attached hydrogens (tertiary/aromatic N) is 2. The van der Waals surface area contributed by atoms with Gasteiger partial charge in [-0.15, -0.1) is 0 Å². The molecule has 1 fully saturated rings. The van der Waals surface area contributed by atoms with E-state index in [-0.39, 0.29) is 22.7 Å². The summed E-state index contributed by atoms with van der Waals surface area (Å²) in [5.41, 5.74) is 0.318. The highest BCUT2D eigenvalue weighted by Crippen LogP contribution is 2.18. The molecular formula is C12H18ClN3O2. The predicted molar refractivity (Wildman–Crippen MR) is 71.4 cm³/mol. The van der Waals surface area contributed by atoms with Crippen LogP contribution in [0.4, 0.5) is 5.69 Å². The molecule has 5 nitrogen and oxygen atoms in total. The lowest BCUT2D eigenvalue weighted by Crippen LogP contribution is -2.27. The molecule has 18 heavy (non-hydrogen) atoms. The molecule has 100 valence electrons. The van der Waals surface area contributed by atoms with E-state index in [1.807, 2.05) is 13.8 Å². The zero-order chi connectivity index (χ0) is 13.1. The fourth-order valence-corrected chi connectivity index (χ4v) is 2.17. The van der Waals surface area contributed by atoms with Crippen LogP contribution in [-0.4, -0.2) is 29.0 Å². The summed E-state index contributed by atoms with van der Waals surface area (Å²) in [7, 11) is 0. The normalized spacial score (nSPS) is 19.4. The number of hydrogen-bond acceptors (Lipinski definition) is 4. The van der Waals surface area contributed by atoms with E-state index < -0.39 is 0 Å². The van der Waals surface area contributed by atoms with Crippen LogP contribution in [0, 0.1) is 0 Å². The lowest BCUT2D eigenvalue weighted by molar-refractivity contribution is 0.120. The largest absolute Gasteiger partial charge is 0.380 e. The van der Waals surface area contributed by atoms with Gasteiger partial charge in [-0.05, 0) is 26.7 Å². The molecule has 1 aromatic rings. The first-order chi connectivity index (χ1) is 8.59. The van der Waals surface area contributed by atoms with Crippen molar-refractivity contribution in [1.29, 1.82) is 0 Å². The van der Waals surface area contributed by atoms with E-state index >= 15 is 0 Å². The predicted octanol–water partition coefficient (Wildman–Crippen LogP) is 2.07. The summed E-state index contributed by atoms with van der Waals surface area (Å²) in [6.07, 6.45) is 3.93. The van der Waals surface area contributed by atoms with Crippen LogP contribution in [0.1, 0.15) is 32.7 Å². The Bertz CT molecular complexity index is 467. The van der Waals surface area contributed by atoms with Crippen LogP contribution in [0.25, 0.3) is 0 Å². The summed E-state index contributed by atoms with van der Waals surface area (Å²) in [4.78, 5) is 11.9. The van der Waals surface area contributed by atoms with Crippen LogP contribution >= 0.6 is 11.6 Å². The minimum atomic E-state index is -0.260. The fraction of sp³-hybridized carbons (Fsp3) is 0.667. The molecule has 2 rings (SSSR count). The first-order valence-corrected chi connectivity index (χ1v) is 6.60. The van der Waals surface area contributed by atoms with Crippen LogP contribution in [0.2, 0.25) is 5.02 Å². The first-order valence-electron chi connectivity index (χ1n) is 6.22. The molecule has 0 radical (unpaired) electrons. The van der Waals surface area contributed by atoms with Crippen LogP contribution in [-0.2, 0) is 4.74 Å². The highest BCUT2D eigenvalue weighted by molar-refractivity contribution is 6.32. The Labute approximate surface area is 111 Å². The summed E-state index contributed by atoms with van der Waals surface area (Å²) in [6.45, 7) is 5.26. The minimum absolute atomic E-state index is 0.00205. The molecule has 0 aliphatic carbocycles. The highest BCUT2D eigenvalue weighted by Gasteiger charge is 2.17. The Morgan fingerprint density at radius 2 is 2.44 bits per heavy atom. The number of ether oxygens (including phenoxy) is 1. The van der Waals surface area contributed by atoms with E-state index in [9.17, 15) is 4.79 Å². The van der Waals surface area contributed by atoms with Crippen molar-refractivity contribution in [3.63, 3.8) is 0 Å². The molecule has 1 aliphatic heterocycles. The van der Waals surface area contributed by atoms with E-state index in [4.69, 9.17) is 16.3 Å². The Morgan fingerprint density at radius 3 is 3.06 bits per heavy atom. The molecule has 0 spiro atoms. The second kappa shape index (κ2) is 5.71. The van der Waals surface area contributed by atoms with Gasteiger partial charge in [0.1, 0.15) is 5.02 Å². The summed E-state index contributed by atoms with van der Waals surface area (Å²) in [6, 6.07) is 0.00205. The van der Waals surface area contributed by atoms with Gasteiger partial charge < -0.3 is 10.1 Å². The minimum Gasteiger partial charge on any atom is -0.380 e. The van der Waals surface area contributed by atoms with Crippen molar-refractivity contribution in [2.45, 2.75) is 38.8 Å². The second-order valence-corrected chi connectivity index (χ2v) is 5.11. The van der Waals surface area contributed by atoms with Crippen molar-refractivity contribution < 1.29 is 4.74 Å². The quantitative estimate of drug-likeness (QED) is 0.911. The Morgan fingerprint density at radius 1 is 1.67 bits per heavy atom. The number of anilines is 1. The molecular weight excluding hydrogens is 254 g/mol. The van der Waals surface area contributed by atoms with Crippen LogP contribution in [0.3, 0.4) is 0 Å². The molecule has 6 heteroatoms. The van der Waals surface area contributed by atoms with Gasteiger partial charge in [-0.3, -0.25) is 4.79 Å². The van der Waals surface area contributed by atoms with Gasteiger partial charge in [-0.1, -0.05) is 11.6 Å². The smallest absolute Gasteiger partial charge is 0.287 e. The van der Waals surface area contributed by atoms with Crippen LogP contribution in [0.5, 0.6) is 0 Å². The van der Waals surface area contributed by atoms with Gasteiger partial charge in [0.25, 0.3) is 5.56 Å². The molecule has 1 N–H and O–H groups in total. The van der Waals surface area contributed by atoms with Crippen molar-refractivity contribution in [2.24, 2.45) is 0 Å². The summed E-state index contributed by atoms with van der Waals surface area (Å²) >= 11 is 6.05. The number of rotatable bonds is 4. The van der Waals surface area contributed by atoms with Gasteiger partial charge in [0, 0.05) is 13.2 Å². The third kappa shape index (κ3) is 2.84. The van der Waals surface area contributed by atoms with Gasteiger partial charge >= 0.3 is 0 Å². The van der Waals surface area contributed by atoms with Gasteiger partial charge in [0.05, 0.1) is 24.0 Å². The summed E-state index contributed by atoms with van der Waals surface area (Å²) in [5, 5.41) is 7.42. The topological polar surface area (TPSA) is 56.1 Å². The van der Waals surface area contributed by atoms with Crippen molar-refractivity contribution in [3.05, 3.63) is 21.6 Å². The number of halogens is 1. The molecule has 0 amide bonds. The van der Waals surface area contributed by atoms with Crippen molar-refractivity contribution in [2.75, 3.05) is 18.5 Å². The Balaban J connectivity index is 2.09. The maximum atomic E-state index is 11.9. The van der Waals surface area contributed by atoms with E-state index in [1.54, 1.807) is 6.20 Å². The monoisotopic (exact) mass is 271 g/mol. The second-order valence-electron chi connectivity index (χ2n) is 4.73. The van der Waals surface area contributed by atoms with E-state index in [0.717, 1.165) is 19.4 Å². The number of nitrogens with one attached hydrogen (secondary N) is 1. The zero-order valence-corrected chi connectivity index (χ0v) is 11.4. The molecule has 1 unspecified atom stereocenters. The fourth-order valence-electron chi connectivity index (χ4n) is 1.97. The third-order valence-electron chi connectivity index (χ3n) is 2.98. The van der Waals surface area contributed by atoms with Gasteiger partial charge in [0.2, 0.25) is 0 Å². The maximum Gasteiger partial charge on any atom is 0.287 e. The molecule has 1 atom stereocenters. The molecule has 1 aliphatic rings. The van der Waals surface area contributed by atoms with Crippen molar-refractivity contribution in [1.82, 2.24) is 9.78 Å². The zero-order valence-electron chi connectivity index (χ0n) is 10.6. The SMILES string of the molecule is CC(C)n1ncc(NCC2CCCO2)c(Cl)c1=O. The Kier molecular flexibility index (Phi) is 4.24. The van der Waals surface area contributed by atoms with E-state index in [2.05, 4.69) is 10.4 Å². The average molecular weight is 272 g/mol. The van der Waals surface area contributed by atoms with Gasteiger partial charge in [-0.25, -0.2) is 4.68 Å². The standard InChI is InChI=1S/C12H18ClN3O2/c1-8(2)16-12(17)11(13)10(7-15-16)14-6-9-4-3-5-18-9/h7-9,14H,3-6H2,1-2H3. The first kappa shape index (κ1) is 13.4. The molecule has 2 heterocycles. The highest BCUT2D eigenvalue weighted by atomic mass is 35.5. The molecule has 0 aromatic carbocycles. The van der Waals surface area contributed by atoms with Crippen LogP contribution in [0.15, 0.2) is 11.0 Å². The third-order valence-corrected chi connectivity index (χ3v) is 3.34. The number of aromatic nitrogens is 2. The van der Waals surface area contributed by atoms with Crippen molar-refractivity contribution in [3.8, 4) is 0 Å². The summed E-state index contributed by atoms with van der Waals surface area (Å²) in [5.74, 6) is 0. The van der Waals surface area contributed by atoms with E-state index in [1.165, 1.54) is 4.68 Å². The molecule has 1 saturated heterocycles. The van der Waals surface area contributed by atoms with Crippen molar-refractivity contribution >= 4 is 17.3 Å². The maximum absolute atomic E-state index is 11.9. The number of hydrogen-bond donors (Lipinski definition) is 1. The lowest BCUT2D eigenvalue weighted by Gasteiger charge is -2.14. The average Bonchev–Trinajstić information content (AvgIpc) is 2.83. The molecule has 1 aromatic heterocycles.